The molecule has 132 valence electrons. The molecule has 1 heterocycles. The van der Waals surface area contributed by atoms with Gasteiger partial charge in [0.1, 0.15) is 0 Å². The zero-order chi connectivity index (χ0) is 16.0. The molecule has 1 aromatic rings. The molecule has 1 rings (SSSR count). The number of unbranched alkanes of at least 4 members (excludes halogenated alkanes) is 9. The van der Waals surface area contributed by atoms with E-state index in [4.69, 9.17) is 0 Å². The molecule has 1 aromatic heterocycles. The third-order valence-electron chi connectivity index (χ3n) is 4.26. The molecule has 0 saturated heterocycles. The molecule has 23 heavy (non-hydrogen) atoms. The third-order valence-corrected chi connectivity index (χ3v) is 4.26. The van der Waals surface area contributed by atoms with E-state index in [-0.39, 0.29) is 17.0 Å². The van der Waals surface area contributed by atoms with Gasteiger partial charge < -0.3 is 17.0 Å². The Hall–Kier alpha value is -0.630. The van der Waals surface area contributed by atoms with Gasteiger partial charge >= 0.3 is 0 Å². The van der Waals surface area contributed by atoms with Gasteiger partial charge in [0.05, 0.1) is 0 Å². The molecule has 0 saturated carbocycles. The van der Waals surface area contributed by atoms with Crippen molar-refractivity contribution in [3.8, 4) is 0 Å². The average molecular weight is 382 g/mol. The van der Waals surface area contributed by atoms with Crippen LogP contribution in [0.2, 0.25) is 0 Å². The minimum Gasteiger partial charge on any atom is -1.00 e. The summed E-state index contributed by atoms with van der Waals surface area (Å²) in [5.41, 5.74) is 2.67. The number of aryl methyl sites for hydroxylation is 1. The van der Waals surface area contributed by atoms with Crippen molar-refractivity contribution in [3.05, 3.63) is 42.2 Å². The quantitative estimate of drug-likeness (QED) is 0.281. The molecule has 0 fully saturated rings. The van der Waals surface area contributed by atoms with Gasteiger partial charge in [0, 0.05) is 18.6 Å². The fourth-order valence-electron chi connectivity index (χ4n) is 2.98. The molecule has 0 unspecified atom stereocenters. The van der Waals surface area contributed by atoms with Crippen LogP contribution >= 0.6 is 0 Å². The fraction of sp³-hybridized carbons (Fsp3) is 0.667. The topological polar surface area (TPSA) is 3.88 Å². The van der Waals surface area contributed by atoms with Crippen LogP contribution in [-0.4, -0.2) is 0 Å². The van der Waals surface area contributed by atoms with Gasteiger partial charge in [0.25, 0.3) is 0 Å². The van der Waals surface area contributed by atoms with Gasteiger partial charge in [0.15, 0.2) is 18.4 Å². The van der Waals surface area contributed by atoms with E-state index in [1.165, 1.54) is 81.9 Å². The highest BCUT2D eigenvalue weighted by atomic mass is 79.9. The first-order chi connectivity index (χ1) is 10.7. The van der Waals surface area contributed by atoms with E-state index < -0.39 is 0 Å². The van der Waals surface area contributed by atoms with E-state index in [2.05, 4.69) is 49.4 Å². The summed E-state index contributed by atoms with van der Waals surface area (Å²) in [5, 5.41) is 0. The second kappa shape index (κ2) is 14.9. The lowest BCUT2D eigenvalue weighted by Crippen LogP contribution is -3.00. The molecular formula is C21H36BrN. The summed E-state index contributed by atoms with van der Waals surface area (Å²) in [4.78, 5) is 0. The van der Waals surface area contributed by atoms with E-state index in [0.717, 1.165) is 6.54 Å². The Morgan fingerprint density at radius 1 is 0.913 bits per heavy atom. The number of allylic oxidation sites excluding steroid dienone is 1. The molecule has 0 N–H and O–H groups in total. The maximum atomic E-state index is 4.03. The Morgan fingerprint density at radius 2 is 1.48 bits per heavy atom. The van der Waals surface area contributed by atoms with Crippen molar-refractivity contribution >= 4 is 0 Å². The van der Waals surface area contributed by atoms with Crippen molar-refractivity contribution in [2.75, 3.05) is 0 Å². The molecular weight excluding hydrogens is 346 g/mol. The SMILES string of the molecule is C=C(C)C[n+]1ccccc1CCCCCCCCCCCC.[Br-]. The Labute approximate surface area is 155 Å². The van der Waals surface area contributed by atoms with Crippen molar-refractivity contribution < 1.29 is 21.5 Å². The number of hydrogen-bond donors (Lipinski definition) is 0. The molecule has 0 amide bonds. The number of hydrogen-bond acceptors (Lipinski definition) is 0. The molecule has 2 heteroatoms. The molecule has 0 spiro atoms. The molecule has 0 aliphatic heterocycles. The average Bonchev–Trinajstić information content (AvgIpc) is 2.50. The lowest BCUT2D eigenvalue weighted by Gasteiger charge is -2.04. The van der Waals surface area contributed by atoms with Crippen molar-refractivity contribution in [2.45, 2.75) is 91.0 Å². The van der Waals surface area contributed by atoms with Crippen LogP contribution in [0.3, 0.4) is 0 Å². The zero-order valence-corrected chi connectivity index (χ0v) is 16.9. The summed E-state index contributed by atoms with van der Waals surface area (Å²) < 4.78 is 2.34. The smallest absolute Gasteiger partial charge is 0.181 e. The van der Waals surface area contributed by atoms with Gasteiger partial charge in [-0.15, -0.1) is 0 Å². The summed E-state index contributed by atoms with van der Waals surface area (Å²) in [5.74, 6) is 0. The van der Waals surface area contributed by atoms with Crippen molar-refractivity contribution in [2.24, 2.45) is 0 Å². The number of nitrogens with zero attached hydrogens (tertiary/aromatic N) is 1. The largest absolute Gasteiger partial charge is 1.00 e. The minimum atomic E-state index is 0. The Balaban J connectivity index is 0.00000484. The number of pyridine rings is 1. The van der Waals surface area contributed by atoms with E-state index in [0.29, 0.717) is 0 Å². The summed E-state index contributed by atoms with van der Waals surface area (Å²) in [6.45, 7) is 9.37. The van der Waals surface area contributed by atoms with Crippen LogP contribution < -0.4 is 21.5 Å². The van der Waals surface area contributed by atoms with Crippen molar-refractivity contribution in [1.82, 2.24) is 0 Å². The van der Waals surface area contributed by atoms with Gasteiger partial charge in [-0.05, 0) is 18.9 Å². The van der Waals surface area contributed by atoms with Crippen LogP contribution in [0.25, 0.3) is 0 Å². The second-order valence-electron chi connectivity index (χ2n) is 6.71. The van der Waals surface area contributed by atoms with E-state index >= 15 is 0 Å². The first-order valence-corrected chi connectivity index (χ1v) is 9.35. The van der Waals surface area contributed by atoms with Crippen LogP contribution in [0.5, 0.6) is 0 Å². The highest BCUT2D eigenvalue weighted by molar-refractivity contribution is 4.98. The van der Waals surface area contributed by atoms with Gasteiger partial charge in [-0.2, -0.15) is 4.57 Å². The van der Waals surface area contributed by atoms with Crippen molar-refractivity contribution in [3.63, 3.8) is 0 Å². The Bertz CT molecular complexity index is 414. The fourth-order valence-corrected chi connectivity index (χ4v) is 2.98. The molecule has 0 aliphatic carbocycles. The number of aromatic nitrogens is 1. The monoisotopic (exact) mass is 381 g/mol. The first-order valence-electron chi connectivity index (χ1n) is 9.35. The summed E-state index contributed by atoms with van der Waals surface area (Å²) >= 11 is 0. The summed E-state index contributed by atoms with van der Waals surface area (Å²) in [6.07, 6.45) is 17.4. The van der Waals surface area contributed by atoms with Gasteiger partial charge in [-0.1, -0.05) is 77.4 Å². The Morgan fingerprint density at radius 3 is 2.04 bits per heavy atom. The standard InChI is InChI=1S/C21H36N.BrH/c1-4-5-6-7-8-9-10-11-12-13-16-21-17-14-15-18-22(21)19-20(2)3;/h14-15,17-18H,2,4-13,16,19H2,1,3H3;1H/q+1;/p-1. The predicted octanol–water partition coefficient (Wildman–Crippen LogP) is 3.02. The Kier molecular flexibility index (Phi) is 14.5. The highest BCUT2D eigenvalue weighted by Crippen LogP contribution is 2.11. The highest BCUT2D eigenvalue weighted by Gasteiger charge is 2.08. The van der Waals surface area contributed by atoms with E-state index in [9.17, 15) is 0 Å². The zero-order valence-electron chi connectivity index (χ0n) is 15.3. The van der Waals surface area contributed by atoms with E-state index in [1.807, 2.05) is 0 Å². The van der Waals surface area contributed by atoms with Crippen LogP contribution in [0.1, 0.15) is 83.7 Å². The normalized spacial score (nSPS) is 10.3. The predicted molar refractivity (Wildman–Crippen MR) is 97.0 cm³/mol. The summed E-state index contributed by atoms with van der Waals surface area (Å²) in [7, 11) is 0. The molecule has 0 atom stereocenters. The third kappa shape index (κ3) is 11.5. The number of halogens is 1. The lowest BCUT2D eigenvalue weighted by molar-refractivity contribution is -0.696. The van der Waals surface area contributed by atoms with Crippen molar-refractivity contribution in [1.29, 1.82) is 0 Å². The first kappa shape index (κ1) is 22.4. The summed E-state index contributed by atoms with van der Waals surface area (Å²) in [6, 6.07) is 6.53. The van der Waals surface area contributed by atoms with Gasteiger partial charge in [-0.3, -0.25) is 0 Å². The second-order valence-corrected chi connectivity index (χ2v) is 6.71. The molecule has 0 bridgehead atoms. The molecule has 0 aliphatic rings. The van der Waals surface area contributed by atoms with Crippen LogP contribution in [0.15, 0.2) is 36.5 Å². The van der Waals surface area contributed by atoms with E-state index in [1.54, 1.807) is 0 Å². The minimum absolute atomic E-state index is 0. The molecule has 0 radical (unpaired) electrons. The molecule has 0 aromatic carbocycles. The van der Waals surface area contributed by atoms with Gasteiger partial charge in [0.2, 0.25) is 0 Å². The van der Waals surface area contributed by atoms with Gasteiger partial charge in [-0.25, -0.2) is 0 Å². The molecule has 1 nitrogen and oxygen atoms in total. The van der Waals surface area contributed by atoms with Crippen LogP contribution in [0, 0.1) is 0 Å². The van der Waals surface area contributed by atoms with Crippen LogP contribution in [0.4, 0.5) is 0 Å². The maximum Gasteiger partial charge on any atom is 0.181 e. The lowest BCUT2D eigenvalue weighted by atomic mass is 10.0. The van der Waals surface area contributed by atoms with Crippen LogP contribution in [-0.2, 0) is 13.0 Å². The maximum absolute atomic E-state index is 4.03. The number of rotatable bonds is 13.